The van der Waals surface area contributed by atoms with Gasteiger partial charge in [-0.15, -0.1) is 0 Å². The van der Waals surface area contributed by atoms with Crippen LogP contribution in [-0.4, -0.2) is 17.6 Å². The average Bonchev–Trinajstić information content (AvgIpc) is 2.57. The van der Waals surface area contributed by atoms with Crippen LogP contribution in [-0.2, 0) is 10.0 Å². The van der Waals surface area contributed by atoms with Crippen LogP contribution >= 0.6 is 11.6 Å². The Balaban J connectivity index is 2.69. The van der Waals surface area contributed by atoms with E-state index < -0.39 is 10.0 Å². The van der Waals surface area contributed by atoms with Crippen molar-refractivity contribution in [2.45, 2.75) is 32.6 Å². The highest BCUT2D eigenvalue weighted by Crippen LogP contribution is 2.25. The number of benzene rings is 1. The fourth-order valence-electron chi connectivity index (χ4n) is 2.02. The van der Waals surface area contributed by atoms with E-state index in [1.807, 2.05) is 13.0 Å². The predicted molar refractivity (Wildman–Crippen MR) is 75.2 cm³/mol. The van der Waals surface area contributed by atoms with Crippen LogP contribution < -0.4 is 0 Å². The van der Waals surface area contributed by atoms with Crippen molar-refractivity contribution in [1.29, 1.82) is 0 Å². The van der Waals surface area contributed by atoms with Gasteiger partial charge >= 0.3 is 0 Å². The van der Waals surface area contributed by atoms with Crippen LogP contribution in [0.4, 0.5) is 0 Å². The second-order valence-corrected chi connectivity index (χ2v) is 6.72. The van der Waals surface area contributed by atoms with Crippen molar-refractivity contribution >= 4 is 21.6 Å². The molecule has 0 aliphatic heterocycles. The number of hydrogen-bond donors (Lipinski definition) is 0. The molecule has 1 aromatic heterocycles. The Kier molecular flexibility index (Phi) is 3.45. The second-order valence-electron chi connectivity index (χ2n) is 4.60. The monoisotopic (exact) mass is 298 g/mol. The summed E-state index contributed by atoms with van der Waals surface area (Å²) in [7, 11) is -3.70. The summed E-state index contributed by atoms with van der Waals surface area (Å²) in [6, 6.07) is 5.21. The van der Waals surface area contributed by atoms with Gasteiger partial charge in [0.15, 0.2) is 0 Å². The minimum absolute atomic E-state index is 0.250. The van der Waals surface area contributed by atoms with Gasteiger partial charge in [-0.25, -0.2) is 0 Å². The van der Waals surface area contributed by atoms with Gasteiger partial charge in [0.05, 0.1) is 21.3 Å². The smallest absolute Gasteiger partial charge is 0.199 e. The molecule has 19 heavy (non-hydrogen) atoms. The first kappa shape index (κ1) is 14.1. The predicted octanol–water partition coefficient (Wildman–Crippen LogP) is 3.01. The van der Waals surface area contributed by atoms with Crippen LogP contribution in [0.1, 0.15) is 22.5 Å². The zero-order chi connectivity index (χ0) is 14.4. The van der Waals surface area contributed by atoms with E-state index in [4.69, 9.17) is 11.6 Å². The van der Waals surface area contributed by atoms with Gasteiger partial charge in [-0.05, 0) is 39.3 Å². The van der Waals surface area contributed by atoms with E-state index in [1.165, 1.54) is 0 Å². The van der Waals surface area contributed by atoms with Gasteiger partial charge in [-0.2, -0.15) is 17.6 Å². The lowest BCUT2D eigenvalue weighted by Crippen LogP contribution is -2.17. The van der Waals surface area contributed by atoms with Gasteiger partial charge in [0.2, 0.25) is 0 Å². The van der Waals surface area contributed by atoms with Gasteiger partial charge in [0.1, 0.15) is 0 Å². The molecule has 0 bridgehead atoms. The summed E-state index contributed by atoms with van der Waals surface area (Å²) in [5.41, 5.74) is 2.65. The molecule has 1 aromatic carbocycles. The van der Waals surface area contributed by atoms with Crippen LogP contribution in [0.15, 0.2) is 23.1 Å². The largest absolute Gasteiger partial charge is 0.283 e. The van der Waals surface area contributed by atoms with Gasteiger partial charge in [0.25, 0.3) is 10.0 Å². The molecule has 0 aliphatic rings. The third-order valence-corrected chi connectivity index (χ3v) is 5.37. The third kappa shape index (κ3) is 2.28. The Hall–Kier alpha value is -1.33. The first-order valence-corrected chi connectivity index (χ1v) is 7.61. The van der Waals surface area contributed by atoms with Gasteiger partial charge in [-0.1, -0.05) is 29.3 Å². The van der Waals surface area contributed by atoms with Crippen LogP contribution in [0, 0.1) is 27.7 Å². The maximum absolute atomic E-state index is 12.6. The molecule has 0 N–H and O–H groups in total. The molecule has 0 saturated heterocycles. The minimum Gasteiger partial charge on any atom is -0.199 e. The summed E-state index contributed by atoms with van der Waals surface area (Å²) in [5, 5.41) is 4.40. The number of aryl methyl sites for hydroxylation is 3. The van der Waals surface area contributed by atoms with Gasteiger partial charge in [0, 0.05) is 0 Å². The SMILES string of the molecule is Cc1ccc(S(=O)(=O)n2nc(C)c(Cl)c2C)c(C)c1. The van der Waals surface area contributed by atoms with E-state index in [1.54, 1.807) is 32.9 Å². The fraction of sp³-hybridized carbons (Fsp3) is 0.308. The Morgan fingerprint density at radius 2 is 1.79 bits per heavy atom. The number of rotatable bonds is 2. The molecular formula is C13H15ClN2O2S. The maximum Gasteiger partial charge on any atom is 0.283 e. The second kappa shape index (κ2) is 4.65. The molecule has 0 aliphatic carbocycles. The highest BCUT2D eigenvalue weighted by atomic mass is 35.5. The molecule has 0 fully saturated rings. The Bertz CT molecular complexity index is 748. The lowest BCUT2D eigenvalue weighted by atomic mass is 10.2. The zero-order valence-electron chi connectivity index (χ0n) is 11.2. The van der Waals surface area contributed by atoms with E-state index in [9.17, 15) is 8.42 Å². The molecule has 6 heteroatoms. The average molecular weight is 299 g/mol. The zero-order valence-corrected chi connectivity index (χ0v) is 12.8. The van der Waals surface area contributed by atoms with Crippen molar-refractivity contribution in [3.05, 3.63) is 45.7 Å². The van der Waals surface area contributed by atoms with E-state index in [-0.39, 0.29) is 4.90 Å². The molecule has 0 saturated carbocycles. The molecule has 2 rings (SSSR count). The highest BCUT2D eigenvalue weighted by Gasteiger charge is 2.24. The topological polar surface area (TPSA) is 52.0 Å². The number of nitrogens with zero attached hydrogens (tertiary/aromatic N) is 2. The summed E-state index contributed by atoms with van der Waals surface area (Å²) in [6.45, 7) is 7.02. The number of halogens is 1. The van der Waals surface area contributed by atoms with Crippen molar-refractivity contribution in [3.63, 3.8) is 0 Å². The molecule has 102 valence electrons. The molecule has 0 amide bonds. The Labute approximate surface area is 118 Å². The first-order valence-electron chi connectivity index (χ1n) is 5.79. The molecular weight excluding hydrogens is 284 g/mol. The third-order valence-electron chi connectivity index (χ3n) is 3.00. The van der Waals surface area contributed by atoms with E-state index in [0.717, 1.165) is 9.65 Å². The van der Waals surface area contributed by atoms with Crippen molar-refractivity contribution in [3.8, 4) is 0 Å². The molecule has 0 spiro atoms. The summed E-state index contributed by atoms with van der Waals surface area (Å²) in [6.07, 6.45) is 0. The number of aromatic nitrogens is 2. The van der Waals surface area contributed by atoms with Gasteiger partial charge < -0.3 is 0 Å². The van der Waals surface area contributed by atoms with E-state index in [0.29, 0.717) is 22.0 Å². The summed E-state index contributed by atoms with van der Waals surface area (Å²) in [5.74, 6) is 0. The van der Waals surface area contributed by atoms with E-state index >= 15 is 0 Å². The maximum atomic E-state index is 12.6. The molecule has 0 unspecified atom stereocenters. The lowest BCUT2D eigenvalue weighted by molar-refractivity contribution is 0.577. The van der Waals surface area contributed by atoms with Crippen LogP contribution in [0.2, 0.25) is 5.02 Å². The molecule has 0 atom stereocenters. The van der Waals surface area contributed by atoms with Crippen LogP contribution in [0.3, 0.4) is 0 Å². The molecule has 2 aromatic rings. The Morgan fingerprint density at radius 1 is 1.16 bits per heavy atom. The molecule has 4 nitrogen and oxygen atoms in total. The van der Waals surface area contributed by atoms with Gasteiger partial charge in [-0.3, -0.25) is 0 Å². The summed E-state index contributed by atoms with van der Waals surface area (Å²) in [4.78, 5) is 0.250. The summed E-state index contributed by atoms with van der Waals surface area (Å²) < 4.78 is 26.2. The van der Waals surface area contributed by atoms with Crippen molar-refractivity contribution in [1.82, 2.24) is 9.19 Å². The molecule has 0 radical (unpaired) electrons. The quantitative estimate of drug-likeness (QED) is 0.856. The highest BCUT2D eigenvalue weighted by molar-refractivity contribution is 7.90. The van der Waals surface area contributed by atoms with Crippen molar-refractivity contribution in [2.75, 3.05) is 0 Å². The van der Waals surface area contributed by atoms with Crippen molar-refractivity contribution in [2.24, 2.45) is 0 Å². The normalized spacial score (nSPS) is 11.8. The fourth-order valence-corrected chi connectivity index (χ4v) is 3.76. The van der Waals surface area contributed by atoms with Crippen molar-refractivity contribution < 1.29 is 8.42 Å². The summed E-state index contributed by atoms with van der Waals surface area (Å²) >= 11 is 6.01. The standard InChI is InChI=1S/C13H15ClN2O2S/c1-8-5-6-12(9(2)7-8)19(17,18)16-11(4)13(14)10(3)15-16/h5-7H,1-4H3. The van der Waals surface area contributed by atoms with E-state index in [2.05, 4.69) is 5.10 Å². The van der Waals surface area contributed by atoms with Crippen LogP contribution in [0.25, 0.3) is 0 Å². The first-order chi connectivity index (χ1) is 8.75. The number of hydrogen-bond acceptors (Lipinski definition) is 3. The lowest BCUT2D eigenvalue weighted by Gasteiger charge is -2.09. The minimum atomic E-state index is -3.70. The van der Waals surface area contributed by atoms with Crippen LogP contribution in [0.5, 0.6) is 0 Å². The molecule has 1 heterocycles. The Morgan fingerprint density at radius 3 is 2.26 bits per heavy atom.